The molecule has 3 aromatic heterocycles. The maximum Gasteiger partial charge on any atom is 0.261 e. The number of fused-ring (bicyclic) bond motifs is 2. The van der Waals surface area contributed by atoms with Gasteiger partial charge in [-0.05, 0) is 45.8 Å². The minimum atomic E-state index is -0.319. The van der Waals surface area contributed by atoms with Crippen molar-refractivity contribution in [3.8, 4) is 22.5 Å². The molecule has 3 heterocycles. The Bertz CT molecular complexity index is 1540. The standard InChI is InChI=1S/C23H20BrN7O2/c1-33-8-7-27-18-9-12(5-6-26-18)22-29-21-16(24)10-14(20(25)19(21)23(32)30-22)13-3-2-4-17-15(13)11-28-31-17/h2-6,9-11H,7-8,25H2,1H3,(H,26,27)(H,28,31)(H,29,30,32). The monoisotopic (exact) mass is 505 g/mol. The van der Waals surface area contributed by atoms with Crippen LogP contribution in [-0.4, -0.2) is 45.4 Å². The number of pyridine rings is 1. The number of rotatable bonds is 6. The SMILES string of the molecule is COCCNc1cc(-c2nc3c(Br)cc(-c4cccc5[nH]ncc45)c(N)c3c(=O)[nH]2)ccn1. The van der Waals surface area contributed by atoms with Crippen LogP contribution in [0, 0.1) is 0 Å². The van der Waals surface area contributed by atoms with Gasteiger partial charge in [-0.25, -0.2) is 9.97 Å². The number of nitrogens with one attached hydrogen (secondary N) is 3. The molecule has 0 saturated carbocycles. The number of halogens is 1. The van der Waals surface area contributed by atoms with Crippen LogP contribution in [0.5, 0.6) is 0 Å². The van der Waals surface area contributed by atoms with Crippen molar-refractivity contribution in [3.63, 3.8) is 0 Å². The van der Waals surface area contributed by atoms with Gasteiger partial charge < -0.3 is 20.8 Å². The summed E-state index contributed by atoms with van der Waals surface area (Å²) < 4.78 is 5.72. The molecule has 5 aromatic rings. The largest absolute Gasteiger partial charge is 0.398 e. The van der Waals surface area contributed by atoms with Crippen molar-refractivity contribution in [2.75, 3.05) is 31.3 Å². The molecule has 10 heteroatoms. The first-order chi connectivity index (χ1) is 16.1. The Morgan fingerprint density at radius 1 is 1.21 bits per heavy atom. The average molecular weight is 506 g/mol. The number of methoxy groups -OCH3 is 1. The highest BCUT2D eigenvalue weighted by molar-refractivity contribution is 9.10. The number of nitrogens with two attached hydrogens (primary N) is 1. The minimum Gasteiger partial charge on any atom is -0.398 e. The molecule has 2 aromatic carbocycles. The number of hydrogen-bond donors (Lipinski definition) is 4. The quantitative estimate of drug-likeness (QED) is 0.203. The van der Waals surface area contributed by atoms with Crippen molar-refractivity contribution in [2.24, 2.45) is 0 Å². The zero-order chi connectivity index (χ0) is 22.9. The molecule has 0 aliphatic rings. The molecule has 5 rings (SSSR count). The summed E-state index contributed by atoms with van der Waals surface area (Å²) in [6.45, 7) is 1.17. The van der Waals surface area contributed by atoms with Crippen molar-refractivity contribution < 1.29 is 4.74 Å². The number of benzene rings is 2. The van der Waals surface area contributed by atoms with Crippen LogP contribution in [0.1, 0.15) is 0 Å². The van der Waals surface area contributed by atoms with Gasteiger partial charge >= 0.3 is 0 Å². The summed E-state index contributed by atoms with van der Waals surface area (Å²) in [5, 5.41) is 11.5. The van der Waals surface area contributed by atoms with E-state index >= 15 is 0 Å². The fourth-order valence-electron chi connectivity index (χ4n) is 3.82. The molecule has 0 bridgehead atoms. The number of H-pyrrole nitrogens is 2. The van der Waals surface area contributed by atoms with Crippen molar-refractivity contribution >= 4 is 49.2 Å². The van der Waals surface area contributed by atoms with Crippen LogP contribution in [0.3, 0.4) is 0 Å². The maximum absolute atomic E-state index is 13.2. The Labute approximate surface area is 196 Å². The molecular formula is C23H20BrN7O2. The second-order valence-corrected chi connectivity index (χ2v) is 8.30. The van der Waals surface area contributed by atoms with Gasteiger partial charge in [-0.2, -0.15) is 5.10 Å². The molecule has 0 saturated heterocycles. The van der Waals surface area contributed by atoms with E-state index in [0.29, 0.717) is 45.9 Å². The minimum absolute atomic E-state index is 0.319. The first kappa shape index (κ1) is 21.1. The molecule has 0 amide bonds. The smallest absolute Gasteiger partial charge is 0.261 e. The molecule has 0 spiro atoms. The van der Waals surface area contributed by atoms with Crippen LogP contribution < -0.4 is 16.6 Å². The van der Waals surface area contributed by atoms with Gasteiger partial charge in [-0.1, -0.05) is 12.1 Å². The predicted octanol–water partition coefficient (Wildman–Crippen LogP) is 3.93. The number of nitrogen functional groups attached to an aromatic ring is 1. The number of nitrogens with zero attached hydrogens (tertiary/aromatic N) is 3. The van der Waals surface area contributed by atoms with E-state index in [2.05, 4.69) is 41.4 Å². The normalized spacial score (nSPS) is 11.3. The molecule has 0 unspecified atom stereocenters. The molecule has 0 aliphatic carbocycles. The topological polar surface area (TPSA) is 135 Å². The summed E-state index contributed by atoms with van der Waals surface area (Å²) in [5.41, 5.74) is 10.3. The molecule has 0 radical (unpaired) electrons. The van der Waals surface area contributed by atoms with Crippen LogP contribution >= 0.6 is 15.9 Å². The highest BCUT2D eigenvalue weighted by Crippen LogP contribution is 2.38. The molecule has 0 fully saturated rings. The third kappa shape index (κ3) is 3.83. The molecule has 9 nitrogen and oxygen atoms in total. The molecule has 33 heavy (non-hydrogen) atoms. The van der Waals surface area contributed by atoms with Crippen LogP contribution in [0.4, 0.5) is 11.5 Å². The summed E-state index contributed by atoms with van der Waals surface area (Å²) >= 11 is 3.60. The number of aromatic amines is 2. The first-order valence-corrected chi connectivity index (χ1v) is 11.0. The van der Waals surface area contributed by atoms with E-state index in [1.807, 2.05) is 30.3 Å². The Kier molecular flexibility index (Phi) is 5.53. The third-order valence-corrected chi connectivity index (χ3v) is 6.00. The van der Waals surface area contributed by atoms with E-state index < -0.39 is 0 Å². The zero-order valence-electron chi connectivity index (χ0n) is 17.6. The number of aromatic nitrogens is 5. The van der Waals surface area contributed by atoms with E-state index in [-0.39, 0.29) is 5.56 Å². The number of anilines is 2. The molecule has 166 valence electrons. The molecular weight excluding hydrogens is 486 g/mol. The highest BCUT2D eigenvalue weighted by atomic mass is 79.9. The molecule has 0 atom stereocenters. The van der Waals surface area contributed by atoms with Crippen LogP contribution in [-0.2, 0) is 4.74 Å². The Hall–Kier alpha value is -3.76. The maximum atomic E-state index is 13.2. The summed E-state index contributed by atoms with van der Waals surface area (Å²) in [5.74, 6) is 1.09. The Morgan fingerprint density at radius 3 is 2.94 bits per heavy atom. The highest BCUT2D eigenvalue weighted by Gasteiger charge is 2.18. The summed E-state index contributed by atoms with van der Waals surface area (Å²) in [4.78, 5) is 25.1. The number of hydrogen-bond acceptors (Lipinski definition) is 7. The zero-order valence-corrected chi connectivity index (χ0v) is 19.2. The van der Waals surface area contributed by atoms with Gasteiger partial charge in [0.1, 0.15) is 11.6 Å². The van der Waals surface area contributed by atoms with Crippen LogP contribution in [0.15, 0.2) is 58.1 Å². The predicted molar refractivity (Wildman–Crippen MR) is 133 cm³/mol. The summed E-state index contributed by atoms with van der Waals surface area (Å²) in [7, 11) is 1.64. The Morgan fingerprint density at radius 2 is 2.09 bits per heavy atom. The van der Waals surface area contributed by atoms with Gasteiger partial charge in [0.05, 0.1) is 34.9 Å². The average Bonchev–Trinajstić information content (AvgIpc) is 3.31. The fraction of sp³-hybridized carbons (Fsp3) is 0.130. The van der Waals surface area contributed by atoms with Crippen molar-refractivity contribution in [1.29, 1.82) is 0 Å². The lowest BCUT2D eigenvalue weighted by molar-refractivity contribution is 0.210. The lowest BCUT2D eigenvalue weighted by Crippen LogP contribution is -2.13. The van der Waals surface area contributed by atoms with Crippen molar-refractivity contribution in [2.45, 2.75) is 0 Å². The van der Waals surface area contributed by atoms with Gasteiger partial charge in [0, 0.05) is 40.8 Å². The van der Waals surface area contributed by atoms with Crippen molar-refractivity contribution in [1.82, 2.24) is 25.1 Å². The van der Waals surface area contributed by atoms with Gasteiger partial charge in [-0.3, -0.25) is 9.89 Å². The van der Waals surface area contributed by atoms with Crippen LogP contribution in [0.25, 0.3) is 44.3 Å². The second-order valence-electron chi connectivity index (χ2n) is 7.44. The lowest BCUT2D eigenvalue weighted by Gasteiger charge is -2.13. The van der Waals surface area contributed by atoms with Crippen LogP contribution in [0.2, 0.25) is 0 Å². The van der Waals surface area contributed by atoms with E-state index in [0.717, 1.165) is 27.6 Å². The fourth-order valence-corrected chi connectivity index (χ4v) is 4.34. The van der Waals surface area contributed by atoms with Gasteiger partial charge in [0.2, 0.25) is 0 Å². The van der Waals surface area contributed by atoms with E-state index in [9.17, 15) is 4.79 Å². The summed E-state index contributed by atoms with van der Waals surface area (Å²) in [6.07, 6.45) is 3.40. The Balaban J connectivity index is 1.64. The van der Waals surface area contributed by atoms with Gasteiger partial charge in [0.15, 0.2) is 0 Å². The number of ether oxygens (including phenoxy) is 1. The van der Waals surface area contributed by atoms with Gasteiger partial charge in [0.25, 0.3) is 5.56 Å². The van der Waals surface area contributed by atoms with Crippen molar-refractivity contribution in [3.05, 3.63) is 63.6 Å². The third-order valence-electron chi connectivity index (χ3n) is 5.40. The summed E-state index contributed by atoms with van der Waals surface area (Å²) in [6, 6.07) is 11.3. The lowest BCUT2D eigenvalue weighted by atomic mass is 9.98. The first-order valence-electron chi connectivity index (χ1n) is 10.2. The molecule has 0 aliphatic heterocycles. The molecule has 5 N–H and O–H groups in total. The van der Waals surface area contributed by atoms with Gasteiger partial charge in [-0.15, -0.1) is 0 Å². The second kappa shape index (κ2) is 8.64. The van der Waals surface area contributed by atoms with E-state index in [4.69, 9.17) is 15.5 Å². The van der Waals surface area contributed by atoms with E-state index in [1.54, 1.807) is 25.6 Å². The van der Waals surface area contributed by atoms with E-state index in [1.165, 1.54) is 0 Å².